The van der Waals surface area contributed by atoms with E-state index in [2.05, 4.69) is 24.1 Å². The van der Waals surface area contributed by atoms with Gasteiger partial charge in [-0.25, -0.2) is 4.98 Å². The first-order chi connectivity index (χ1) is 15.4. The van der Waals surface area contributed by atoms with E-state index in [1.807, 2.05) is 31.2 Å². The van der Waals surface area contributed by atoms with Crippen molar-refractivity contribution in [1.82, 2.24) is 19.8 Å². The molecule has 0 bridgehead atoms. The summed E-state index contributed by atoms with van der Waals surface area (Å²) in [5, 5.41) is 3.56. The Morgan fingerprint density at radius 2 is 1.88 bits per heavy atom. The van der Waals surface area contributed by atoms with Crippen LogP contribution in [0.2, 0.25) is 0 Å². The predicted molar refractivity (Wildman–Crippen MR) is 125 cm³/mol. The van der Waals surface area contributed by atoms with Crippen molar-refractivity contribution >= 4 is 16.8 Å². The fraction of sp³-hybridized carbons (Fsp3) is 0.400. The van der Waals surface area contributed by atoms with Crippen LogP contribution in [0.25, 0.3) is 10.9 Å². The molecule has 1 aliphatic rings. The molecule has 32 heavy (non-hydrogen) atoms. The molecule has 2 aromatic carbocycles. The predicted octanol–water partition coefficient (Wildman–Crippen LogP) is 3.16. The zero-order chi connectivity index (χ0) is 22.8. The lowest BCUT2D eigenvalue weighted by atomic mass is 10.1. The van der Waals surface area contributed by atoms with Gasteiger partial charge in [0.15, 0.2) is 0 Å². The third kappa shape index (κ3) is 4.25. The third-order valence-electron chi connectivity index (χ3n) is 6.21. The topological polar surface area (TPSA) is 76.5 Å². The third-order valence-corrected chi connectivity index (χ3v) is 6.21. The Hall–Kier alpha value is -3.19. The number of methoxy groups -OCH3 is 1. The van der Waals surface area contributed by atoms with Gasteiger partial charge in [-0.15, -0.1) is 0 Å². The molecule has 0 saturated carbocycles. The van der Waals surface area contributed by atoms with Gasteiger partial charge in [0.1, 0.15) is 11.6 Å². The molecule has 0 saturated heterocycles. The Labute approximate surface area is 188 Å². The zero-order valence-electron chi connectivity index (χ0n) is 19.1. The highest BCUT2D eigenvalue weighted by molar-refractivity contribution is 5.97. The zero-order valence-corrected chi connectivity index (χ0v) is 19.1. The van der Waals surface area contributed by atoms with Gasteiger partial charge in [0, 0.05) is 43.2 Å². The molecule has 4 rings (SSSR count). The fourth-order valence-electron chi connectivity index (χ4n) is 4.31. The maximum atomic E-state index is 13.1. The van der Waals surface area contributed by atoms with Gasteiger partial charge in [-0.1, -0.05) is 18.2 Å². The lowest BCUT2D eigenvalue weighted by Gasteiger charge is -2.23. The fourth-order valence-corrected chi connectivity index (χ4v) is 4.31. The smallest absolute Gasteiger partial charge is 0.261 e. The normalized spacial score (nSPS) is 15.3. The number of para-hydroxylation sites is 1. The van der Waals surface area contributed by atoms with Crippen molar-refractivity contribution in [2.75, 3.05) is 20.2 Å². The Morgan fingerprint density at radius 3 is 2.62 bits per heavy atom. The van der Waals surface area contributed by atoms with Gasteiger partial charge in [-0.05, 0) is 45.0 Å². The molecular formula is C25H30N4O3. The summed E-state index contributed by atoms with van der Waals surface area (Å²) in [4.78, 5) is 33.2. The average Bonchev–Trinajstić information content (AvgIpc) is 3.01. The van der Waals surface area contributed by atoms with Crippen LogP contribution in [-0.4, -0.2) is 46.6 Å². The van der Waals surface area contributed by atoms with E-state index in [9.17, 15) is 9.59 Å². The SMILES string of the molecule is COc1ccccc1C(C)NC(=O)c1ccc2c(=O)n3c(nc2c1)CCN(C(C)C)CC3. The standard InChI is InChI=1S/C25H30N4O3/c1-16(2)28-12-11-23-27-21-15-18(9-10-20(21)25(31)29(23)14-13-28)24(30)26-17(3)19-7-5-6-8-22(19)32-4/h5-10,15-17H,11-14H2,1-4H3,(H,26,30). The van der Waals surface area contributed by atoms with Crippen molar-refractivity contribution in [1.29, 1.82) is 0 Å². The number of nitrogens with one attached hydrogen (secondary N) is 1. The van der Waals surface area contributed by atoms with Crippen molar-refractivity contribution in [3.05, 3.63) is 69.8 Å². The molecule has 7 heteroatoms. The number of fused-ring (bicyclic) bond motifs is 2. The van der Waals surface area contributed by atoms with Crippen LogP contribution >= 0.6 is 0 Å². The summed E-state index contributed by atoms with van der Waals surface area (Å²) in [6, 6.07) is 12.9. The van der Waals surface area contributed by atoms with E-state index < -0.39 is 0 Å². The van der Waals surface area contributed by atoms with Crippen molar-refractivity contribution < 1.29 is 9.53 Å². The minimum atomic E-state index is -0.234. The van der Waals surface area contributed by atoms with E-state index in [0.717, 1.165) is 30.2 Å². The summed E-state index contributed by atoms with van der Waals surface area (Å²) in [5.41, 5.74) is 1.91. The van der Waals surface area contributed by atoms with Gasteiger partial charge in [-0.2, -0.15) is 0 Å². The Morgan fingerprint density at radius 1 is 1.09 bits per heavy atom. The highest BCUT2D eigenvalue weighted by Gasteiger charge is 2.20. The van der Waals surface area contributed by atoms with Crippen LogP contribution in [0, 0.1) is 0 Å². The van der Waals surface area contributed by atoms with Crippen LogP contribution in [-0.2, 0) is 13.0 Å². The van der Waals surface area contributed by atoms with Crippen LogP contribution < -0.4 is 15.6 Å². The first-order valence-electron chi connectivity index (χ1n) is 11.1. The van der Waals surface area contributed by atoms with Crippen LogP contribution in [0.5, 0.6) is 5.75 Å². The van der Waals surface area contributed by atoms with Gasteiger partial charge in [0.05, 0.1) is 24.1 Å². The maximum absolute atomic E-state index is 13.1. The van der Waals surface area contributed by atoms with E-state index in [-0.39, 0.29) is 17.5 Å². The van der Waals surface area contributed by atoms with Crippen LogP contribution in [0.1, 0.15) is 48.6 Å². The van der Waals surface area contributed by atoms with Gasteiger partial charge < -0.3 is 10.1 Å². The van der Waals surface area contributed by atoms with E-state index in [0.29, 0.717) is 35.5 Å². The molecule has 1 atom stereocenters. The largest absolute Gasteiger partial charge is 0.496 e. The molecule has 0 aliphatic carbocycles. The second-order valence-electron chi connectivity index (χ2n) is 8.53. The van der Waals surface area contributed by atoms with Crippen molar-refractivity contribution in [3.63, 3.8) is 0 Å². The molecule has 1 aliphatic heterocycles. The summed E-state index contributed by atoms with van der Waals surface area (Å²) in [6.07, 6.45) is 0.713. The highest BCUT2D eigenvalue weighted by Crippen LogP contribution is 2.25. The van der Waals surface area contributed by atoms with Crippen molar-refractivity contribution in [3.8, 4) is 5.75 Å². The van der Waals surface area contributed by atoms with Crippen molar-refractivity contribution in [2.45, 2.75) is 45.8 Å². The Bertz CT molecular complexity index is 1200. The van der Waals surface area contributed by atoms with Crippen LogP contribution in [0.4, 0.5) is 0 Å². The molecule has 1 N–H and O–H groups in total. The molecule has 0 spiro atoms. The summed E-state index contributed by atoms with van der Waals surface area (Å²) in [5.74, 6) is 1.30. The van der Waals surface area contributed by atoms with Crippen LogP contribution in [0.15, 0.2) is 47.3 Å². The number of carbonyl (C=O) groups excluding carboxylic acids is 1. The van der Waals surface area contributed by atoms with E-state index in [1.165, 1.54) is 0 Å². The summed E-state index contributed by atoms with van der Waals surface area (Å²) >= 11 is 0. The van der Waals surface area contributed by atoms with Gasteiger partial charge in [0.25, 0.3) is 11.5 Å². The molecule has 7 nitrogen and oxygen atoms in total. The number of carbonyl (C=O) groups is 1. The molecular weight excluding hydrogens is 404 g/mol. The summed E-state index contributed by atoms with van der Waals surface area (Å²) in [6.45, 7) is 8.58. The van der Waals surface area contributed by atoms with Crippen LogP contribution in [0.3, 0.4) is 0 Å². The summed E-state index contributed by atoms with van der Waals surface area (Å²) in [7, 11) is 1.62. The number of benzene rings is 2. The number of aromatic nitrogens is 2. The van der Waals surface area contributed by atoms with Crippen molar-refractivity contribution in [2.24, 2.45) is 0 Å². The van der Waals surface area contributed by atoms with Gasteiger partial charge in [0.2, 0.25) is 0 Å². The number of amides is 1. The monoisotopic (exact) mass is 434 g/mol. The van der Waals surface area contributed by atoms with E-state index in [1.54, 1.807) is 29.9 Å². The average molecular weight is 435 g/mol. The Balaban J connectivity index is 1.61. The van der Waals surface area contributed by atoms with Gasteiger partial charge in [-0.3, -0.25) is 19.1 Å². The van der Waals surface area contributed by atoms with Gasteiger partial charge >= 0.3 is 0 Å². The molecule has 1 aromatic heterocycles. The summed E-state index contributed by atoms with van der Waals surface area (Å²) < 4.78 is 7.19. The van der Waals surface area contributed by atoms with E-state index >= 15 is 0 Å². The number of hydrogen-bond acceptors (Lipinski definition) is 5. The molecule has 168 valence electrons. The molecule has 1 unspecified atom stereocenters. The number of rotatable bonds is 5. The maximum Gasteiger partial charge on any atom is 0.261 e. The second-order valence-corrected chi connectivity index (χ2v) is 8.53. The number of ether oxygens (including phenoxy) is 1. The Kier molecular flexibility index (Phi) is 6.28. The molecule has 3 aromatic rings. The lowest BCUT2D eigenvalue weighted by molar-refractivity contribution is 0.0939. The minimum Gasteiger partial charge on any atom is -0.496 e. The number of hydrogen-bond donors (Lipinski definition) is 1. The van der Waals surface area contributed by atoms with E-state index in [4.69, 9.17) is 9.72 Å². The lowest BCUT2D eigenvalue weighted by Crippen LogP contribution is -2.34. The minimum absolute atomic E-state index is 0.0371. The quantitative estimate of drug-likeness (QED) is 0.668. The highest BCUT2D eigenvalue weighted by atomic mass is 16.5. The molecule has 2 heterocycles. The second kappa shape index (κ2) is 9.12. The molecule has 1 amide bonds. The molecule has 0 fully saturated rings. The molecule has 0 radical (unpaired) electrons. The first kappa shape index (κ1) is 22.0. The number of nitrogens with zero attached hydrogens (tertiary/aromatic N) is 3. The first-order valence-corrected chi connectivity index (χ1v) is 11.1.